The highest BCUT2D eigenvalue weighted by Crippen LogP contribution is 2.31. The maximum absolute atomic E-state index is 5.25. The molecule has 0 aliphatic heterocycles. The summed E-state index contributed by atoms with van der Waals surface area (Å²) in [6, 6.07) is 1.93. The first-order valence-electron chi connectivity index (χ1n) is 5.84. The summed E-state index contributed by atoms with van der Waals surface area (Å²) in [4.78, 5) is 4.24. The molecule has 0 atom stereocenters. The molecule has 3 heteroatoms. The molecule has 1 aromatic heterocycles. The van der Waals surface area contributed by atoms with E-state index in [2.05, 4.69) is 16.8 Å². The maximum Gasteiger partial charge on any atom is 0.152 e. The van der Waals surface area contributed by atoms with Gasteiger partial charge in [-0.1, -0.05) is 11.8 Å². The Morgan fingerprint density at radius 2 is 2.24 bits per heavy atom. The van der Waals surface area contributed by atoms with Crippen LogP contribution in [0.3, 0.4) is 0 Å². The van der Waals surface area contributed by atoms with E-state index in [1.807, 2.05) is 6.07 Å². The van der Waals surface area contributed by atoms with Crippen molar-refractivity contribution >= 4 is 0 Å². The Morgan fingerprint density at radius 1 is 1.41 bits per heavy atom. The first kappa shape index (κ1) is 11.9. The fourth-order valence-corrected chi connectivity index (χ4v) is 1.59. The molecule has 0 amide bonds. The van der Waals surface area contributed by atoms with Crippen LogP contribution in [0.15, 0.2) is 12.3 Å². The van der Waals surface area contributed by atoms with Crippen LogP contribution < -0.4 is 4.74 Å². The van der Waals surface area contributed by atoms with Crippen molar-refractivity contribution < 1.29 is 9.47 Å². The fourth-order valence-electron chi connectivity index (χ4n) is 1.59. The van der Waals surface area contributed by atoms with Gasteiger partial charge in [0.15, 0.2) is 5.75 Å². The van der Waals surface area contributed by atoms with Crippen molar-refractivity contribution in [1.29, 1.82) is 0 Å². The molecule has 1 fully saturated rings. The Morgan fingerprint density at radius 3 is 2.88 bits per heavy atom. The van der Waals surface area contributed by atoms with Crippen LogP contribution in [0.4, 0.5) is 0 Å². The molecule has 0 saturated heterocycles. The Hall–Kier alpha value is -1.53. The van der Waals surface area contributed by atoms with E-state index in [-0.39, 0.29) is 0 Å². The summed E-state index contributed by atoms with van der Waals surface area (Å²) < 4.78 is 10.3. The number of pyridine rings is 1. The van der Waals surface area contributed by atoms with Crippen LogP contribution in [0.2, 0.25) is 0 Å². The van der Waals surface area contributed by atoms with Gasteiger partial charge in [-0.25, -0.2) is 0 Å². The number of rotatable bonds is 4. The molecular weight excluding hydrogens is 214 g/mol. The molecule has 1 heterocycles. The van der Waals surface area contributed by atoms with Crippen LogP contribution in [0.5, 0.6) is 5.75 Å². The largest absolute Gasteiger partial charge is 0.494 e. The van der Waals surface area contributed by atoms with Crippen LogP contribution in [0.1, 0.15) is 30.5 Å². The molecule has 0 aromatic carbocycles. The lowest BCUT2D eigenvalue weighted by molar-refractivity contribution is 0.181. The average Bonchev–Trinajstić information content (AvgIpc) is 3.14. The minimum absolute atomic E-state index is 0.501. The van der Waals surface area contributed by atoms with E-state index in [4.69, 9.17) is 9.47 Å². The van der Waals surface area contributed by atoms with Gasteiger partial charge in [0.1, 0.15) is 0 Å². The summed E-state index contributed by atoms with van der Waals surface area (Å²) in [5, 5.41) is 0. The standard InChI is InChI=1S/C14H17NO2/c1-16-10-13-8-12(14(17-2)9-15-13)5-3-4-11-6-7-11/h8-9,11H,4,6-7,10H2,1-2H3. The van der Waals surface area contributed by atoms with E-state index < -0.39 is 0 Å². The highest BCUT2D eigenvalue weighted by Gasteiger charge is 2.19. The first-order valence-corrected chi connectivity index (χ1v) is 5.84. The van der Waals surface area contributed by atoms with Crippen molar-refractivity contribution in [1.82, 2.24) is 4.98 Å². The Balaban J connectivity index is 2.14. The lowest BCUT2D eigenvalue weighted by Crippen LogP contribution is -1.96. The van der Waals surface area contributed by atoms with Crippen LogP contribution in [0.25, 0.3) is 0 Å². The summed E-state index contributed by atoms with van der Waals surface area (Å²) >= 11 is 0. The predicted molar refractivity (Wildman–Crippen MR) is 65.7 cm³/mol. The molecular formula is C14H17NO2. The summed E-state index contributed by atoms with van der Waals surface area (Å²) in [6.07, 6.45) is 5.36. The Labute approximate surface area is 102 Å². The lowest BCUT2D eigenvalue weighted by Gasteiger charge is -2.05. The summed E-state index contributed by atoms with van der Waals surface area (Å²) in [5.41, 5.74) is 1.78. The molecule has 17 heavy (non-hydrogen) atoms. The highest BCUT2D eigenvalue weighted by atomic mass is 16.5. The topological polar surface area (TPSA) is 31.4 Å². The van der Waals surface area contributed by atoms with Gasteiger partial charge in [-0.3, -0.25) is 4.98 Å². The van der Waals surface area contributed by atoms with Crippen molar-refractivity contribution in [2.75, 3.05) is 14.2 Å². The van der Waals surface area contributed by atoms with Crippen LogP contribution in [0, 0.1) is 17.8 Å². The molecule has 0 unspecified atom stereocenters. The average molecular weight is 231 g/mol. The SMILES string of the molecule is COCc1cc(C#CCC2CC2)c(OC)cn1. The third-order valence-corrected chi connectivity index (χ3v) is 2.75. The van der Waals surface area contributed by atoms with Crippen molar-refractivity contribution in [3.05, 3.63) is 23.5 Å². The minimum Gasteiger partial charge on any atom is -0.494 e. The van der Waals surface area contributed by atoms with E-state index in [1.165, 1.54) is 12.8 Å². The first-order chi connectivity index (χ1) is 8.33. The molecule has 0 N–H and O–H groups in total. The summed E-state index contributed by atoms with van der Waals surface area (Å²) in [7, 11) is 3.30. The zero-order valence-electron chi connectivity index (χ0n) is 10.3. The van der Waals surface area contributed by atoms with E-state index >= 15 is 0 Å². The number of hydrogen-bond acceptors (Lipinski definition) is 3. The normalized spacial score (nSPS) is 14.0. The zero-order valence-corrected chi connectivity index (χ0v) is 10.3. The Kier molecular flexibility index (Phi) is 4.00. The third-order valence-electron chi connectivity index (χ3n) is 2.75. The van der Waals surface area contributed by atoms with E-state index in [1.54, 1.807) is 20.4 Å². The van der Waals surface area contributed by atoms with Crippen LogP contribution in [-0.2, 0) is 11.3 Å². The third kappa shape index (κ3) is 3.47. The van der Waals surface area contributed by atoms with Crippen molar-refractivity contribution in [2.24, 2.45) is 5.92 Å². The predicted octanol–water partition coefficient (Wildman–Crippen LogP) is 2.39. The van der Waals surface area contributed by atoms with Gasteiger partial charge in [0, 0.05) is 13.5 Å². The van der Waals surface area contributed by atoms with E-state index in [0.717, 1.165) is 29.3 Å². The minimum atomic E-state index is 0.501. The molecule has 3 nitrogen and oxygen atoms in total. The smallest absolute Gasteiger partial charge is 0.152 e. The second kappa shape index (κ2) is 5.70. The molecule has 2 rings (SSSR count). The number of hydrogen-bond donors (Lipinski definition) is 0. The maximum atomic E-state index is 5.25. The van der Waals surface area contributed by atoms with Gasteiger partial charge < -0.3 is 9.47 Å². The number of methoxy groups -OCH3 is 2. The van der Waals surface area contributed by atoms with E-state index in [0.29, 0.717) is 6.61 Å². The summed E-state index contributed by atoms with van der Waals surface area (Å²) in [5.74, 6) is 7.93. The fraction of sp³-hybridized carbons (Fsp3) is 0.500. The second-order valence-electron chi connectivity index (χ2n) is 4.26. The van der Waals surface area contributed by atoms with Crippen molar-refractivity contribution in [3.63, 3.8) is 0 Å². The quantitative estimate of drug-likeness (QED) is 0.746. The number of ether oxygens (including phenoxy) is 2. The molecule has 90 valence electrons. The zero-order chi connectivity index (χ0) is 12.1. The van der Waals surface area contributed by atoms with Gasteiger partial charge in [-0.15, -0.1) is 0 Å². The lowest BCUT2D eigenvalue weighted by atomic mass is 10.2. The number of aromatic nitrogens is 1. The van der Waals surface area contributed by atoms with Crippen molar-refractivity contribution in [2.45, 2.75) is 25.9 Å². The van der Waals surface area contributed by atoms with Gasteiger partial charge >= 0.3 is 0 Å². The highest BCUT2D eigenvalue weighted by molar-refractivity contribution is 5.45. The molecule has 1 aromatic rings. The van der Waals surface area contributed by atoms with Crippen LogP contribution in [-0.4, -0.2) is 19.2 Å². The van der Waals surface area contributed by atoms with Gasteiger partial charge in [-0.2, -0.15) is 0 Å². The molecule has 0 radical (unpaired) electrons. The van der Waals surface area contributed by atoms with Gasteiger partial charge in [-0.05, 0) is 24.8 Å². The Bertz CT molecular complexity index is 441. The molecule has 1 aliphatic rings. The van der Waals surface area contributed by atoms with Gasteiger partial charge in [0.2, 0.25) is 0 Å². The van der Waals surface area contributed by atoms with Crippen LogP contribution >= 0.6 is 0 Å². The molecule has 0 spiro atoms. The summed E-state index contributed by atoms with van der Waals surface area (Å²) in [6.45, 7) is 0.501. The molecule has 1 aliphatic carbocycles. The van der Waals surface area contributed by atoms with Gasteiger partial charge in [0.25, 0.3) is 0 Å². The molecule has 1 saturated carbocycles. The second-order valence-corrected chi connectivity index (χ2v) is 4.26. The monoisotopic (exact) mass is 231 g/mol. The number of nitrogens with zero attached hydrogens (tertiary/aromatic N) is 1. The van der Waals surface area contributed by atoms with Crippen molar-refractivity contribution in [3.8, 4) is 17.6 Å². The van der Waals surface area contributed by atoms with Gasteiger partial charge in [0.05, 0.1) is 31.2 Å². The van der Waals surface area contributed by atoms with E-state index in [9.17, 15) is 0 Å². The molecule has 0 bridgehead atoms.